The molecule has 3 aromatic rings. The van der Waals surface area contributed by atoms with Gasteiger partial charge < -0.3 is 4.74 Å². The minimum atomic E-state index is -0.598. The number of ether oxygens (including phenoxy) is 1. The second kappa shape index (κ2) is 9.52. The first-order valence-electron chi connectivity index (χ1n) is 10.4. The maximum Gasteiger partial charge on any atom is 0.338 e. The predicted octanol–water partition coefficient (Wildman–Crippen LogP) is 4.94. The van der Waals surface area contributed by atoms with Crippen molar-refractivity contribution < 1.29 is 9.53 Å². The van der Waals surface area contributed by atoms with Crippen molar-refractivity contribution in [3.8, 4) is 0 Å². The lowest BCUT2D eigenvalue weighted by Crippen LogP contribution is -2.39. The molecule has 0 saturated heterocycles. The molecule has 1 aliphatic heterocycles. The number of benzene rings is 2. The standard InChI is InChI=1S/C25H22Br2N2O3S/c1-5-32-24(31)21-15(4)28-25-29(22(21)17-8-6-13(2)7-9-17)23(30)20(33-25)12-16-10-18(26)14(3)19(27)11-16/h6-12,22H,5H2,1-4H3/b20-12-/t22-/m0/s1. The van der Waals surface area contributed by atoms with Crippen LogP contribution in [-0.4, -0.2) is 17.1 Å². The van der Waals surface area contributed by atoms with Gasteiger partial charge in [-0.05, 0) is 62.6 Å². The zero-order valence-electron chi connectivity index (χ0n) is 18.6. The van der Waals surface area contributed by atoms with Gasteiger partial charge >= 0.3 is 5.97 Å². The summed E-state index contributed by atoms with van der Waals surface area (Å²) < 4.78 is 9.40. The topological polar surface area (TPSA) is 60.7 Å². The second-order valence-corrected chi connectivity index (χ2v) is 10.5. The van der Waals surface area contributed by atoms with E-state index in [2.05, 4.69) is 36.9 Å². The van der Waals surface area contributed by atoms with Crippen molar-refractivity contribution in [1.29, 1.82) is 0 Å². The molecule has 0 radical (unpaired) electrons. The molecule has 170 valence electrons. The van der Waals surface area contributed by atoms with Crippen molar-refractivity contribution in [1.82, 2.24) is 4.57 Å². The SMILES string of the molecule is CCOC(=O)C1=C(C)N=c2s/c(=C\c3cc(Br)c(C)c(Br)c3)c(=O)n2[C@H]1c1ccc(C)cc1. The Balaban J connectivity index is 1.96. The van der Waals surface area contributed by atoms with E-state index >= 15 is 0 Å². The Kier molecular flexibility index (Phi) is 6.88. The Hall–Kier alpha value is -2.29. The Morgan fingerprint density at radius 1 is 1.15 bits per heavy atom. The molecular weight excluding hydrogens is 568 g/mol. The molecule has 2 heterocycles. The summed E-state index contributed by atoms with van der Waals surface area (Å²) in [5.74, 6) is -0.454. The molecule has 0 N–H and O–H groups in total. The number of aromatic nitrogens is 1. The molecule has 0 bridgehead atoms. The molecule has 1 atom stereocenters. The van der Waals surface area contributed by atoms with Gasteiger partial charge in [0.05, 0.1) is 28.5 Å². The molecule has 8 heteroatoms. The summed E-state index contributed by atoms with van der Waals surface area (Å²) in [6.45, 7) is 7.81. The van der Waals surface area contributed by atoms with Gasteiger partial charge in [0, 0.05) is 8.95 Å². The molecule has 0 fully saturated rings. The van der Waals surface area contributed by atoms with Crippen LogP contribution >= 0.6 is 43.2 Å². The molecule has 1 aromatic heterocycles. The second-order valence-electron chi connectivity index (χ2n) is 7.82. The number of aryl methyl sites for hydroxylation is 1. The van der Waals surface area contributed by atoms with E-state index in [-0.39, 0.29) is 12.2 Å². The molecule has 0 aliphatic carbocycles. The third-order valence-electron chi connectivity index (χ3n) is 5.51. The van der Waals surface area contributed by atoms with Gasteiger partial charge in [-0.3, -0.25) is 9.36 Å². The third kappa shape index (κ3) is 4.56. The highest BCUT2D eigenvalue weighted by Crippen LogP contribution is 2.31. The fourth-order valence-corrected chi connectivity index (χ4v) is 6.02. The van der Waals surface area contributed by atoms with Gasteiger partial charge in [0.25, 0.3) is 5.56 Å². The van der Waals surface area contributed by atoms with E-state index in [9.17, 15) is 9.59 Å². The number of halogens is 2. The molecule has 2 aromatic carbocycles. The van der Waals surface area contributed by atoms with E-state index in [1.165, 1.54) is 11.3 Å². The fraction of sp³-hybridized carbons (Fsp3) is 0.240. The average molecular weight is 590 g/mol. The Bertz CT molecular complexity index is 1440. The van der Waals surface area contributed by atoms with Crippen molar-refractivity contribution in [3.63, 3.8) is 0 Å². The number of hydrogen-bond acceptors (Lipinski definition) is 5. The molecule has 0 saturated carbocycles. The summed E-state index contributed by atoms with van der Waals surface area (Å²) in [5.41, 5.74) is 4.67. The number of nitrogens with zero attached hydrogens (tertiary/aromatic N) is 2. The number of rotatable bonds is 4. The summed E-state index contributed by atoms with van der Waals surface area (Å²) in [6.07, 6.45) is 1.86. The van der Waals surface area contributed by atoms with Crippen LogP contribution in [-0.2, 0) is 9.53 Å². The minimum absolute atomic E-state index is 0.188. The first-order chi connectivity index (χ1) is 15.7. The molecule has 4 rings (SSSR count). The predicted molar refractivity (Wildman–Crippen MR) is 138 cm³/mol. The van der Waals surface area contributed by atoms with Gasteiger partial charge in [0.1, 0.15) is 0 Å². The normalized spacial score (nSPS) is 15.9. The van der Waals surface area contributed by atoms with Crippen LogP contribution in [0.15, 0.2) is 66.4 Å². The van der Waals surface area contributed by atoms with Crippen molar-refractivity contribution in [2.75, 3.05) is 6.61 Å². The van der Waals surface area contributed by atoms with Gasteiger partial charge in [-0.2, -0.15) is 0 Å². The maximum atomic E-state index is 13.6. The highest BCUT2D eigenvalue weighted by Gasteiger charge is 2.33. The number of fused-ring (bicyclic) bond motifs is 1. The smallest absolute Gasteiger partial charge is 0.338 e. The first-order valence-corrected chi connectivity index (χ1v) is 12.8. The van der Waals surface area contributed by atoms with Gasteiger partial charge in [-0.15, -0.1) is 0 Å². The molecule has 5 nitrogen and oxygen atoms in total. The average Bonchev–Trinajstić information content (AvgIpc) is 3.06. The van der Waals surface area contributed by atoms with Crippen LogP contribution < -0.4 is 14.9 Å². The van der Waals surface area contributed by atoms with Crippen LogP contribution in [0, 0.1) is 13.8 Å². The van der Waals surface area contributed by atoms with Crippen molar-refractivity contribution >= 4 is 55.2 Å². The van der Waals surface area contributed by atoms with Gasteiger partial charge in [0.2, 0.25) is 0 Å². The zero-order chi connectivity index (χ0) is 23.9. The van der Waals surface area contributed by atoms with E-state index < -0.39 is 12.0 Å². The maximum absolute atomic E-state index is 13.6. The monoisotopic (exact) mass is 588 g/mol. The number of esters is 1. The van der Waals surface area contributed by atoms with E-state index in [0.717, 1.165) is 31.2 Å². The number of thiazole rings is 1. The molecule has 33 heavy (non-hydrogen) atoms. The number of carbonyl (C=O) groups excluding carboxylic acids is 1. The summed E-state index contributed by atoms with van der Waals surface area (Å²) in [7, 11) is 0. The van der Waals surface area contributed by atoms with E-state index in [1.807, 2.05) is 56.3 Å². The van der Waals surface area contributed by atoms with E-state index in [1.54, 1.807) is 18.4 Å². The van der Waals surface area contributed by atoms with Crippen LogP contribution in [0.25, 0.3) is 6.08 Å². The molecule has 0 amide bonds. The van der Waals surface area contributed by atoms with Crippen molar-refractivity contribution in [2.45, 2.75) is 33.7 Å². The largest absolute Gasteiger partial charge is 0.463 e. The lowest BCUT2D eigenvalue weighted by molar-refractivity contribution is -0.139. The fourth-order valence-electron chi connectivity index (χ4n) is 3.76. The van der Waals surface area contributed by atoms with Crippen LogP contribution in [0.4, 0.5) is 0 Å². The van der Waals surface area contributed by atoms with Crippen molar-refractivity contribution in [2.24, 2.45) is 4.99 Å². The highest BCUT2D eigenvalue weighted by molar-refractivity contribution is 9.11. The molecular formula is C25H22Br2N2O3S. The summed E-state index contributed by atoms with van der Waals surface area (Å²) in [5, 5.41) is 0. The van der Waals surface area contributed by atoms with Crippen LogP contribution in [0.5, 0.6) is 0 Å². The zero-order valence-corrected chi connectivity index (χ0v) is 22.6. The quantitative estimate of drug-likeness (QED) is 0.405. The lowest BCUT2D eigenvalue weighted by Gasteiger charge is -2.24. The minimum Gasteiger partial charge on any atom is -0.463 e. The van der Waals surface area contributed by atoms with Crippen LogP contribution in [0.2, 0.25) is 0 Å². The highest BCUT2D eigenvalue weighted by atomic mass is 79.9. The summed E-state index contributed by atoms with van der Waals surface area (Å²) in [4.78, 5) is 31.7. The summed E-state index contributed by atoms with van der Waals surface area (Å²) >= 11 is 8.46. The third-order valence-corrected chi connectivity index (χ3v) is 8.14. The number of hydrogen-bond donors (Lipinski definition) is 0. The Morgan fingerprint density at radius 3 is 2.39 bits per heavy atom. The van der Waals surface area contributed by atoms with Gasteiger partial charge in [-0.25, -0.2) is 9.79 Å². The van der Waals surface area contributed by atoms with Crippen molar-refractivity contribution in [3.05, 3.63) is 98.6 Å². The Labute approximate surface area is 212 Å². The molecule has 0 spiro atoms. The van der Waals surface area contributed by atoms with E-state index in [0.29, 0.717) is 20.6 Å². The van der Waals surface area contributed by atoms with Gasteiger partial charge in [-0.1, -0.05) is 73.0 Å². The molecule has 0 unspecified atom stereocenters. The van der Waals surface area contributed by atoms with Crippen LogP contribution in [0.1, 0.15) is 42.1 Å². The Morgan fingerprint density at radius 2 is 1.79 bits per heavy atom. The lowest BCUT2D eigenvalue weighted by atomic mass is 9.95. The number of allylic oxidation sites excluding steroid dienone is 1. The molecule has 1 aliphatic rings. The van der Waals surface area contributed by atoms with Crippen LogP contribution in [0.3, 0.4) is 0 Å². The first kappa shape index (κ1) is 23.9. The summed E-state index contributed by atoms with van der Waals surface area (Å²) in [6, 6.07) is 11.2. The van der Waals surface area contributed by atoms with E-state index in [4.69, 9.17) is 4.74 Å². The van der Waals surface area contributed by atoms with Gasteiger partial charge in [0.15, 0.2) is 4.80 Å². The number of carbonyl (C=O) groups is 1.